The van der Waals surface area contributed by atoms with Crippen LogP contribution in [0.2, 0.25) is 0 Å². The summed E-state index contributed by atoms with van der Waals surface area (Å²) < 4.78 is 1.10. The molecule has 0 unspecified atom stereocenters. The lowest BCUT2D eigenvalue weighted by atomic mass is 10.2. The molecule has 0 aliphatic heterocycles. The average Bonchev–Trinajstić information content (AvgIpc) is 2.28. The van der Waals surface area contributed by atoms with Gasteiger partial charge < -0.3 is 10.6 Å². The van der Waals surface area contributed by atoms with Gasteiger partial charge in [-0.2, -0.15) is 0 Å². The number of hydrogen-bond donors (Lipinski definition) is 1. The molecule has 0 heterocycles. The number of guanidine groups is 1. The Kier molecular flexibility index (Phi) is 5.48. The monoisotopic (exact) mass is 297 g/mol. The lowest BCUT2D eigenvalue weighted by Gasteiger charge is -2.19. The lowest BCUT2D eigenvalue weighted by Crippen LogP contribution is -2.34. The average molecular weight is 298 g/mol. The number of rotatable bonds is 4. The van der Waals surface area contributed by atoms with Crippen molar-refractivity contribution in [2.24, 2.45) is 16.6 Å². The van der Waals surface area contributed by atoms with Gasteiger partial charge in [-0.15, -0.1) is 0 Å². The number of nitrogens with two attached hydrogens (primary N) is 1. The molecule has 0 aliphatic rings. The van der Waals surface area contributed by atoms with Crippen LogP contribution in [0.15, 0.2) is 33.7 Å². The molecule has 0 bridgehead atoms. The summed E-state index contributed by atoms with van der Waals surface area (Å²) in [5.41, 5.74) is 7.13. The molecule has 2 N–H and O–H groups in total. The van der Waals surface area contributed by atoms with Crippen molar-refractivity contribution in [1.29, 1.82) is 0 Å². The van der Waals surface area contributed by atoms with Gasteiger partial charge in [0, 0.05) is 24.6 Å². The lowest BCUT2D eigenvalue weighted by molar-refractivity contribution is 0.488. The Labute approximate surface area is 112 Å². The summed E-state index contributed by atoms with van der Waals surface area (Å²) in [5, 5.41) is 0. The molecule has 1 aromatic rings. The van der Waals surface area contributed by atoms with Crippen LogP contribution in [-0.4, -0.2) is 24.5 Å². The topological polar surface area (TPSA) is 41.6 Å². The summed E-state index contributed by atoms with van der Waals surface area (Å²) in [5.74, 6) is 1.12. The fourth-order valence-electron chi connectivity index (χ4n) is 1.36. The van der Waals surface area contributed by atoms with E-state index in [1.165, 1.54) is 5.56 Å². The number of benzene rings is 1. The minimum absolute atomic E-state index is 0.533. The van der Waals surface area contributed by atoms with Crippen LogP contribution in [0.4, 0.5) is 0 Å². The molecular formula is C13H20BrN3. The first-order chi connectivity index (χ1) is 8.00. The number of nitrogens with zero attached hydrogens (tertiary/aromatic N) is 2. The van der Waals surface area contributed by atoms with Gasteiger partial charge in [-0.25, -0.2) is 0 Å². The SMILES string of the molecule is CC(C)CN=C(N)N(C)Cc1ccccc1Br. The highest BCUT2D eigenvalue weighted by molar-refractivity contribution is 9.10. The minimum Gasteiger partial charge on any atom is -0.370 e. The first-order valence-corrected chi connectivity index (χ1v) is 6.54. The van der Waals surface area contributed by atoms with Gasteiger partial charge in [-0.1, -0.05) is 48.0 Å². The Balaban J connectivity index is 2.63. The molecular weight excluding hydrogens is 278 g/mol. The predicted molar refractivity (Wildman–Crippen MR) is 76.9 cm³/mol. The zero-order valence-electron chi connectivity index (χ0n) is 10.7. The minimum atomic E-state index is 0.533. The molecule has 0 amide bonds. The normalized spacial score (nSPS) is 11.9. The molecule has 94 valence electrons. The standard InChI is InChI=1S/C13H20BrN3/c1-10(2)8-16-13(15)17(3)9-11-6-4-5-7-12(11)14/h4-7,10H,8-9H2,1-3H3,(H2,15,16). The van der Waals surface area contributed by atoms with Crippen molar-refractivity contribution in [3.8, 4) is 0 Å². The molecule has 0 fully saturated rings. The summed E-state index contributed by atoms with van der Waals surface area (Å²) in [7, 11) is 1.96. The molecule has 0 spiro atoms. The van der Waals surface area contributed by atoms with E-state index in [2.05, 4.69) is 40.8 Å². The van der Waals surface area contributed by atoms with E-state index in [-0.39, 0.29) is 0 Å². The van der Waals surface area contributed by atoms with Gasteiger partial charge in [0.25, 0.3) is 0 Å². The van der Waals surface area contributed by atoms with Crippen LogP contribution in [0.5, 0.6) is 0 Å². The Morgan fingerprint density at radius 2 is 2.06 bits per heavy atom. The Hall–Kier alpha value is -1.03. The van der Waals surface area contributed by atoms with Crippen molar-refractivity contribution in [3.05, 3.63) is 34.3 Å². The predicted octanol–water partition coefficient (Wildman–Crippen LogP) is 2.85. The van der Waals surface area contributed by atoms with E-state index in [1.807, 2.05) is 30.1 Å². The first kappa shape index (κ1) is 14.0. The summed E-state index contributed by atoms with van der Waals surface area (Å²) in [6.07, 6.45) is 0. The number of hydrogen-bond acceptors (Lipinski definition) is 1. The maximum atomic E-state index is 5.92. The zero-order chi connectivity index (χ0) is 12.8. The molecule has 4 heteroatoms. The highest BCUT2D eigenvalue weighted by Gasteiger charge is 2.05. The molecule has 0 radical (unpaired) electrons. The molecule has 0 saturated heterocycles. The fourth-order valence-corrected chi connectivity index (χ4v) is 1.77. The molecule has 1 aromatic carbocycles. The molecule has 0 atom stereocenters. The third kappa shape index (κ3) is 4.77. The zero-order valence-corrected chi connectivity index (χ0v) is 12.2. The van der Waals surface area contributed by atoms with E-state index in [0.29, 0.717) is 11.9 Å². The van der Waals surface area contributed by atoms with E-state index < -0.39 is 0 Å². The molecule has 0 aliphatic carbocycles. The summed E-state index contributed by atoms with van der Waals surface area (Å²) in [6.45, 7) is 5.79. The van der Waals surface area contributed by atoms with Crippen molar-refractivity contribution in [2.75, 3.05) is 13.6 Å². The maximum Gasteiger partial charge on any atom is 0.191 e. The van der Waals surface area contributed by atoms with Gasteiger partial charge in [0.1, 0.15) is 0 Å². The third-order valence-corrected chi connectivity index (χ3v) is 3.15. The Morgan fingerprint density at radius 1 is 1.41 bits per heavy atom. The van der Waals surface area contributed by atoms with Gasteiger partial charge in [-0.05, 0) is 17.5 Å². The third-order valence-electron chi connectivity index (χ3n) is 2.37. The largest absolute Gasteiger partial charge is 0.370 e. The number of halogens is 1. The van der Waals surface area contributed by atoms with Crippen LogP contribution >= 0.6 is 15.9 Å². The van der Waals surface area contributed by atoms with Crippen molar-refractivity contribution in [2.45, 2.75) is 20.4 Å². The van der Waals surface area contributed by atoms with E-state index in [4.69, 9.17) is 5.73 Å². The van der Waals surface area contributed by atoms with E-state index in [0.717, 1.165) is 17.6 Å². The maximum absolute atomic E-state index is 5.92. The van der Waals surface area contributed by atoms with Crippen LogP contribution in [-0.2, 0) is 6.54 Å². The van der Waals surface area contributed by atoms with Crippen molar-refractivity contribution in [1.82, 2.24) is 4.90 Å². The number of aliphatic imine (C=N–C) groups is 1. The molecule has 3 nitrogen and oxygen atoms in total. The van der Waals surface area contributed by atoms with Gasteiger partial charge in [0.2, 0.25) is 0 Å². The van der Waals surface area contributed by atoms with E-state index >= 15 is 0 Å². The van der Waals surface area contributed by atoms with E-state index in [1.54, 1.807) is 0 Å². The highest BCUT2D eigenvalue weighted by atomic mass is 79.9. The van der Waals surface area contributed by atoms with Crippen molar-refractivity contribution < 1.29 is 0 Å². The second-order valence-electron chi connectivity index (χ2n) is 4.54. The van der Waals surface area contributed by atoms with Crippen molar-refractivity contribution in [3.63, 3.8) is 0 Å². The smallest absolute Gasteiger partial charge is 0.191 e. The second-order valence-corrected chi connectivity index (χ2v) is 5.39. The van der Waals surface area contributed by atoms with Gasteiger partial charge in [-0.3, -0.25) is 4.99 Å². The molecule has 1 rings (SSSR count). The van der Waals surface area contributed by atoms with Gasteiger partial charge in [0.15, 0.2) is 5.96 Å². The van der Waals surface area contributed by atoms with Crippen LogP contribution in [0.1, 0.15) is 19.4 Å². The molecule has 17 heavy (non-hydrogen) atoms. The van der Waals surface area contributed by atoms with E-state index in [9.17, 15) is 0 Å². The molecule has 0 aromatic heterocycles. The quantitative estimate of drug-likeness (QED) is 0.686. The van der Waals surface area contributed by atoms with Gasteiger partial charge in [0.05, 0.1) is 0 Å². The van der Waals surface area contributed by atoms with Crippen LogP contribution in [0.3, 0.4) is 0 Å². The summed E-state index contributed by atoms with van der Waals surface area (Å²) >= 11 is 3.53. The summed E-state index contributed by atoms with van der Waals surface area (Å²) in [6, 6.07) is 8.14. The fraction of sp³-hybridized carbons (Fsp3) is 0.462. The summed E-state index contributed by atoms with van der Waals surface area (Å²) in [4.78, 5) is 6.32. The highest BCUT2D eigenvalue weighted by Crippen LogP contribution is 2.17. The molecule has 0 saturated carbocycles. The van der Waals surface area contributed by atoms with Crippen molar-refractivity contribution >= 4 is 21.9 Å². The van der Waals surface area contributed by atoms with Crippen LogP contribution in [0, 0.1) is 5.92 Å². The first-order valence-electron chi connectivity index (χ1n) is 5.75. The van der Waals surface area contributed by atoms with Crippen LogP contribution < -0.4 is 5.73 Å². The second kappa shape index (κ2) is 6.64. The Bertz CT molecular complexity index is 388. The van der Waals surface area contributed by atoms with Crippen LogP contribution in [0.25, 0.3) is 0 Å². The van der Waals surface area contributed by atoms with Gasteiger partial charge >= 0.3 is 0 Å². The Morgan fingerprint density at radius 3 is 2.65 bits per heavy atom.